The third-order valence-electron chi connectivity index (χ3n) is 2.19. The summed E-state index contributed by atoms with van der Waals surface area (Å²) in [5, 5.41) is 22.1. The van der Waals surface area contributed by atoms with Gasteiger partial charge in [-0.3, -0.25) is 14.9 Å². The Morgan fingerprint density at radius 3 is 2.82 bits per heavy atom. The van der Waals surface area contributed by atoms with Crippen LogP contribution in [0, 0.1) is 10.1 Å². The first-order valence-corrected chi connectivity index (χ1v) is 5.18. The summed E-state index contributed by atoms with van der Waals surface area (Å²) in [6.45, 7) is 1.72. The highest BCUT2D eigenvalue weighted by Crippen LogP contribution is 2.24. The molecule has 0 fully saturated rings. The molecule has 6 nitrogen and oxygen atoms in total. The van der Waals surface area contributed by atoms with Crippen molar-refractivity contribution in [2.75, 3.05) is 0 Å². The fourth-order valence-corrected chi connectivity index (χ4v) is 1.35. The van der Waals surface area contributed by atoms with Gasteiger partial charge in [0.05, 0.1) is 4.92 Å². The number of nitrogens with zero attached hydrogens (tertiary/aromatic N) is 1. The second-order valence-corrected chi connectivity index (χ2v) is 3.89. The van der Waals surface area contributed by atoms with E-state index >= 15 is 0 Å². The summed E-state index contributed by atoms with van der Waals surface area (Å²) >= 11 is 5.65. The predicted molar refractivity (Wildman–Crippen MR) is 62.0 cm³/mol. The average Bonchev–Trinajstić information content (AvgIpc) is 2.26. The smallest absolute Gasteiger partial charge is 0.320 e. The van der Waals surface area contributed by atoms with Gasteiger partial charge in [-0.15, -0.1) is 0 Å². The van der Waals surface area contributed by atoms with Crippen molar-refractivity contribution in [2.45, 2.75) is 19.5 Å². The van der Waals surface area contributed by atoms with E-state index in [1.807, 2.05) is 0 Å². The molecule has 17 heavy (non-hydrogen) atoms. The number of carboxylic acid groups (broad SMARTS) is 1. The first-order chi connectivity index (χ1) is 7.91. The zero-order chi connectivity index (χ0) is 13.0. The van der Waals surface area contributed by atoms with Gasteiger partial charge in [0.15, 0.2) is 0 Å². The number of hydrogen-bond acceptors (Lipinski definition) is 4. The molecule has 0 saturated heterocycles. The molecule has 0 aliphatic heterocycles. The van der Waals surface area contributed by atoms with Crippen LogP contribution in [0.3, 0.4) is 0 Å². The molecule has 0 heterocycles. The maximum Gasteiger partial charge on any atom is 0.320 e. The predicted octanol–water partition coefficient (Wildman–Crippen LogP) is 1.81. The Hall–Kier alpha value is -1.66. The SMILES string of the molecule is CC(NCc1ccc(Cl)c([N+](=O)[O-])c1)C(=O)O. The summed E-state index contributed by atoms with van der Waals surface area (Å²) in [4.78, 5) is 20.6. The largest absolute Gasteiger partial charge is 0.480 e. The molecule has 0 bridgehead atoms. The Morgan fingerprint density at radius 1 is 1.65 bits per heavy atom. The minimum atomic E-state index is -0.978. The highest BCUT2D eigenvalue weighted by atomic mass is 35.5. The molecule has 0 radical (unpaired) electrons. The molecule has 2 N–H and O–H groups in total. The van der Waals surface area contributed by atoms with Crippen LogP contribution < -0.4 is 5.32 Å². The normalized spacial score (nSPS) is 12.1. The van der Waals surface area contributed by atoms with Gasteiger partial charge >= 0.3 is 5.97 Å². The Bertz CT molecular complexity index is 450. The van der Waals surface area contributed by atoms with Crippen molar-refractivity contribution in [3.63, 3.8) is 0 Å². The molecule has 1 aromatic rings. The van der Waals surface area contributed by atoms with Gasteiger partial charge < -0.3 is 10.4 Å². The van der Waals surface area contributed by atoms with Crippen LogP contribution in [0.2, 0.25) is 5.02 Å². The van der Waals surface area contributed by atoms with E-state index < -0.39 is 16.9 Å². The first kappa shape index (κ1) is 13.4. The van der Waals surface area contributed by atoms with Crippen LogP contribution in [0.4, 0.5) is 5.69 Å². The summed E-state index contributed by atoms with van der Waals surface area (Å²) in [5.41, 5.74) is 0.420. The van der Waals surface area contributed by atoms with Crippen LogP contribution in [0.5, 0.6) is 0 Å². The van der Waals surface area contributed by atoms with Crippen LogP contribution in [0.15, 0.2) is 18.2 Å². The number of carboxylic acids is 1. The zero-order valence-corrected chi connectivity index (χ0v) is 9.77. The molecule has 92 valence electrons. The lowest BCUT2D eigenvalue weighted by atomic mass is 10.2. The topological polar surface area (TPSA) is 92.5 Å². The number of rotatable bonds is 5. The number of hydrogen-bond donors (Lipinski definition) is 2. The summed E-state index contributed by atoms with van der Waals surface area (Å²) in [7, 11) is 0. The molecular weight excluding hydrogens is 248 g/mol. The summed E-state index contributed by atoms with van der Waals surface area (Å²) in [6, 6.07) is 3.63. The van der Waals surface area contributed by atoms with Crippen molar-refractivity contribution in [1.29, 1.82) is 0 Å². The third kappa shape index (κ3) is 3.69. The number of halogens is 1. The second kappa shape index (κ2) is 5.60. The third-order valence-corrected chi connectivity index (χ3v) is 2.51. The van der Waals surface area contributed by atoms with Crippen molar-refractivity contribution in [2.24, 2.45) is 0 Å². The molecule has 1 aromatic carbocycles. The van der Waals surface area contributed by atoms with Crippen molar-refractivity contribution in [3.05, 3.63) is 38.9 Å². The highest BCUT2D eigenvalue weighted by molar-refractivity contribution is 6.32. The standard InChI is InChI=1S/C10H11ClN2O4/c1-6(10(14)15)12-5-7-2-3-8(11)9(4-7)13(16)17/h2-4,6,12H,5H2,1H3,(H,14,15). The highest BCUT2D eigenvalue weighted by Gasteiger charge is 2.14. The lowest BCUT2D eigenvalue weighted by Gasteiger charge is -2.08. The monoisotopic (exact) mass is 258 g/mol. The van der Waals surface area contributed by atoms with Crippen molar-refractivity contribution in [1.82, 2.24) is 5.32 Å². The van der Waals surface area contributed by atoms with Crippen LogP contribution in [0.1, 0.15) is 12.5 Å². The van der Waals surface area contributed by atoms with E-state index in [-0.39, 0.29) is 17.3 Å². The number of aliphatic carboxylic acids is 1. The van der Waals surface area contributed by atoms with Crippen LogP contribution in [0.25, 0.3) is 0 Å². The van der Waals surface area contributed by atoms with E-state index in [1.54, 1.807) is 6.07 Å². The molecule has 1 atom stereocenters. The molecule has 1 rings (SSSR count). The number of nitro groups is 1. The molecule has 0 aliphatic rings. The van der Waals surface area contributed by atoms with Crippen LogP contribution in [-0.2, 0) is 11.3 Å². The molecule has 0 aromatic heterocycles. The second-order valence-electron chi connectivity index (χ2n) is 3.48. The minimum Gasteiger partial charge on any atom is -0.480 e. The van der Waals surface area contributed by atoms with E-state index in [0.717, 1.165) is 0 Å². The lowest BCUT2D eigenvalue weighted by Crippen LogP contribution is -2.33. The minimum absolute atomic E-state index is 0.0602. The van der Waals surface area contributed by atoms with Gasteiger partial charge in [0.1, 0.15) is 11.1 Å². The van der Waals surface area contributed by atoms with Crippen LogP contribution in [-0.4, -0.2) is 22.0 Å². The van der Waals surface area contributed by atoms with E-state index in [0.29, 0.717) is 5.56 Å². The van der Waals surface area contributed by atoms with Gasteiger partial charge in [-0.05, 0) is 18.6 Å². The van der Waals surface area contributed by atoms with Gasteiger partial charge in [0.25, 0.3) is 5.69 Å². The molecule has 0 amide bonds. The van der Waals surface area contributed by atoms with E-state index in [4.69, 9.17) is 16.7 Å². The fourth-order valence-electron chi connectivity index (χ4n) is 1.17. The summed E-state index contributed by atoms with van der Waals surface area (Å²) in [6.07, 6.45) is 0. The maximum absolute atomic E-state index is 10.6. The zero-order valence-electron chi connectivity index (χ0n) is 9.01. The van der Waals surface area contributed by atoms with Gasteiger partial charge in [0, 0.05) is 12.6 Å². The number of carbonyl (C=O) groups is 1. The van der Waals surface area contributed by atoms with Gasteiger partial charge in [0.2, 0.25) is 0 Å². The van der Waals surface area contributed by atoms with Gasteiger partial charge in [-0.25, -0.2) is 0 Å². The van der Waals surface area contributed by atoms with E-state index in [1.165, 1.54) is 19.1 Å². The Balaban J connectivity index is 2.76. The van der Waals surface area contributed by atoms with Gasteiger partial charge in [-0.1, -0.05) is 17.7 Å². The number of nitrogens with one attached hydrogen (secondary N) is 1. The number of benzene rings is 1. The van der Waals surface area contributed by atoms with E-state index in [9.17, 15) is 14.9 Å². The number of nitro benzene ring substituents is 1. The Morgan fingerprint density at radius 2 is 2.29 bits per heavy atom. The molecule has 7 heteroatoms. The van der Waals surface area contributed by atoms with E-state index in [2.05, 4.69) is 5.32 Å². The molecular formula is C10H11ClN2O4. The molecule has 1 unspecified atom stereocenters. The maximum atomic E-state index is 10.6. The molecule has 0 spiro atoms. The molecule has 0 aliphatic carbocycles. The average molecular weight is 259 g/mol. The first-order valence-electron chi connectivity index (χ1n) is 4.81. The Kier molecular flexibility index (Phi) is 4.42. The van der Waals surface area contributed by atoms with Crippen molar-refractivity contribution in [3.8, 4) is 0 Å². The summed E-state index contributed by atoms with van der Waals surface area (Å²) < 4.78 is 0. The van der Waals surface area contributed by atoms with Crippen LogP contribution >= 0.6 is 11.6 Å². The van der Waals surface area contributed by atoms with Gasteiger partial charge in [-0.2, -0.15) is 0 Å². The lowest BCUT2D eigenvalue weighted by molar-refractivity contribution is -0.384. The van der Waals surface area contributed by atoms with Crippen molar-refractivity contribution < 1.29 is 14.8 Å². The quantitative estimate of drug-likeness (QED) is 0.621. The molecule has 0 saturated carbocycles. The van der Waals surface area contributed by atoms with Crippen molar-refractivity contribution >= 4 is 23.3 Å². The Labute approximate surface area is 102 Å². The fraction of sp³-hybridized carbons (Fsp3) is 0.300. The summed E-state index contributed by atoms with van der Waals surface area (Å²) in [5.74, 6) is -0.978.